The van der Waals surface area contributed by atoms with E-state index >= 15 is 0 Å². The van der Waals surface area contributed by atoms with Crippen LogP contribution in [-0.2, 0) is 42.8 Å². The number of hydrogen-bond donors (Lipinski definition) is 0. The van der Waals surface area contributed by atoms with Crippen LogP contribution in [0.4, 0.5) is 0 Å². The van der Waals surface area contributed by atoms with Crippen molar-refractivity contribution < 1.29 is 46.9 Å². The lowest BCUT2D eigenvalue weighted by Crippen LogP contribution is -2.52. The maximum atomic E-state index is 11.6. The highest BCUT2D eigenvalue weighted by atomic mass is 16.6. The lowest BCUT2D eigenvalue weighted by Gasteiger charge is -2.34. The van der Waals surface area contributed by atoms with Gasteiger partial charge < -0.3 is 28.4 Å². The molecule has 0 fully saturated rings. The van der Waals surface area contributed by atoms with Crippen molar-refractivity contribution >= 4 is 17.9 Å². The first-order chi connectivity index (χ1) is 12.4. The summed E-state index contributed by atoms with van der Waals surface area (Å²) in [5, 5.41) is 0. The molecule has 0 unspecified atom stereocenters. The Morgan fingerprint density at radius 3 is 1.88 bits per heavy atom. The number of esters is 3. The van der Waals surface area contributed by atoms with E-state index in [1.165, 1.54) is 14.2 Å². The molecular formula is C15H26O9. The third kappa shape index (κ3) is 8.23. The molecule has 0 saturated carbocycles. The van der Waals surface area contributed by atoms with Crippen LogP contribution in [0.15, 0.2) is 0 Å². The van der Waals surface area contributed by atoms with Crippen molar-refractivity contribution in [1.29, 1.82) is 0 Å². The van der Waals surface area contributed by atoms with Crippen LogP contribution in [0.3, 0.4) is 0 Å². The number of hydrogen-bond acceptors (Lipinski definition) is 9. The van der Waals surface area contributed by atoms with Gasteiger partial charge in [-0.3, -0.25) is 14.4 Å². The minimum absolute atomic E-state index is 0.135. The highest BCUT2D eigenvalue weighted by Gasteiger charge is 2.40. The van der Waals surface area contributed by atoms with Crippen molar-refractivity contribution in [2.24, 2.45) is 0 Å². The predicted octanol–water partition coefficient (Wildman–Crippen LogP) is 0.0893. The summed E-state index contributed by atoms with van der Waals surface area (Å²) in [6, 6.07) is 0. The summed E-state index contributed by atoms with van der Waals surface area (Å²) in [4.78, 5) is 34.1. The first-order valence-electron chi connectivity index (χ1n) is 8.58. The Balaban J connectivity index is 5.85. The first kappa shape index (κ1) is 17.1. The minimum Gasteiger partial charge on any atom is -0.463 e. The van der Waals surface area contributed by atoms with Crippen LogP contribution >= 0.6 is 0 Å². The fourth-order valence-electron chi connectivity index (χ4n) is 2.01. The van der Waals surface area contributed by atoms with Gasteiger partial charge >= 0.3 is 17.9 Å². The molecular weight excluding hydrogens is 324 g/mol. The molecule has 0 radical (unpaired) electrons. The Kier molecular flexibility index (Phi) is 8.40. The molecule has 0 amide bonds. The first-order valence-corrected chi connectivity index (χ1v) is 7.08. The van der Waals surface area contributed by atoms with E-state index in [1.807, 2.05) is 0 Å². The normalized spacial score (nSPS) is 18.1. The molecule has 0 aromatic heterocycles. The van der Waals surface area contributed by atoms with E-state index < -0.39 is 56.0 Å². The Bertz CT molecular complexity index is 495. The Labute approximate surface area is 145 Å². The second kappa shape index (κ2) is 11.8. The van der Waals surface area contributed by atoms with Gasteiger partial charge in [0.05, 0.1) is 10.7 Å². The summed E-state index contributed by atoms with van der Waals surface area (Å²) in [5.41, 5.74) is 0. The lowest BCUT2D eigenvalue weighted by atomic mass is 10.0. The van der Waals surface area contributed by atoms with Gasteiger partial charge in [-0.15, -0.1) is 0 Å². The molecule has 0 aromatic rings. The zero-order valence-corrected chi connectivity index (χ0v) is 14.4. The standard InChI is InChI=1S/C15H26O9/c1-9(16)22-8-12(20-5)15(24-11(3)18)14(21-6)13(7-19-4)23-10(2)17/h12-15H,7-8H2,1-6H3/t12-,13+,14-,15+/m0/s1/i5D3. The monoisotopic (exact) mass is 353 g/mol. The average molecular weight is 353 g/mol. The van der Waals surface area contributed by atoms with Crippen molar-refractivity contribution in [3.05, 3.63) is 0 Å². The van der Waals surface area contributed by atoms with Gasteiger partial charge in [0.2, 0.25) is 0 Å². The van der Waals surface area contributed by atoms with Gasteiger partial charge in [-0.05, 0) is 0 Å². The maximum Gasteiger partial charge on any atom is 0.303 e. The summed E-state index contributed by atoms with van der Waals surface area (Å²) in [7, 11) is -0.301. The summed E-state index contributed by atoms with van der Waals surface area (Å²) in [6.07, 6.45) is -5.03. The van der Waals surface area contributed by atoms with Crippen LogP contribution in [0.5, 0.6) is 0 Å². The van der Waals surface area contributed by atoms with Gasteiger partial charge in [-0.1, -0.05) is 0 Å². The summed E-state index contributed by atoms with van der Waals surface area (Å²) >= 11 is 0. The second-order valence-electron chi connectivity index (χ2n) is 4.84. The van der Waals surface area contributed by atoms with E-state index in [4.69, 9.17) is 32.5 Å². The van der Waals surface area contributed by atoms with E-state index in [2.05, 4.69) is 0 Å². The SMILES string of the molecule is [2H]C([2H])([2H])O[C@@H](COC(C)=O)[C@@H](OC(C)=O)[C@@H](OC)[C@@H](COC)OC(C)=O. The second-order valence-corrected chi connectivity index (χ2v) is 4.84. The zero-order chi connectivity index (χ0) is 21.2. The molecule has 0 N–H and O–H groups in total. The third-order valence-corrected chi connectivity index (χ3v) is 2.88. The van der Waals surface area contributed by atoms with Crippen molar-refractivity contribution in [1.82, 2.24) is 0 Å². The number of carbonyl (C=O) groups excluding carboxylic acids is 3. The van der Waals surface area contributed by atoms with Gasteiger partial charge in [0.25, 0.3) is 0 Å². The quantitative estimate of drug-likeness (QED) is 0.377. The highest BCUT2D eigenvalue weighted by molar-refractivity contribution is 5.67. The molecule has 0 aliphatic carbocycles. The average Bonchev–Trinajstić information content (AvgIpc) is 2.49. The van der Waals surface area contributed by atoms with Gasteiger partial charge in [0, 0.05) is 42.0 Å². The maximum absolute atomic E-state index is 11.6. The van der Waals surface area contributed by atoms with Gasteiger partial charge in [0.15, 0.2) is 12.2 Å². The van der Waals surface area contributed by atoms with Crippen LogP contribution in [-0.4, -0.2) is 76.8 Å². The minimum atomic E-state index is -2.89. The van der Waals surface area contributed by atoms with Crippen LogP contribution in [0.1, 0.15) is 24.9 Å². The van der Waals surface area contributed by atoms with Crippen molar-refractivity contribution in [2.45, 2.75) is 45.2 Å². The summed E-state index contributed by atoms with van der Waals surface area (Å²) in [6.45, 7) is 2.70. The fourth-order valence-corrected chi connectivity index (χ4v) is 2.01. The van der Waals surface area contributed by atoms with Crippen LogP contribution in [0.2, 0.25) is 0 Å². The largest absolute Gasteiger partial charge is 0.463 e. The molecule has 140 valence electrons. The van der Waals surface area contributed by atoms with Crippen molar-refractivity contribution in [2.75, 3.05) is 34.5 Å². The smallest absolute Gasteiger partial charge is 0.303 e. The van der Waals surface area contributed by atoms with E-state index in [1.54, 1.807) is 0 Å². The molecule has 0 rings (SSSR count). The molecule has 4 atom stereocenters. The molecule has 9 nitrogen and oxygen atoms in total. The molecule has 0 saturated heterocycles. The van der Waals surface area contributed by atoms with Crippen LogP contribution in [0.25, 0.3) is 0 Å². The highest BCUT2D eigenvalue weighted by Crippen LogP contribution is 2.18. The fraction of sp³-hybridized carbons (Fsp3) is 0.800. The molecule has 0 heterocycles. The van der Waals surface area contributed by atoms with Gasteiger partial charge in [0.1, 0.15) is 18.8 Å². The van der Waals surface area contributed by atoms with Crippen LogP contribution in [0, 0.1) is 0 Å². The zero-order valence-electron chi connectivity index (χ0n) is 17.4. The Morgan fingerprint density at radius 1 is 0.833 bits per heavy atom. The van der Waals surface area contributed by atoms with Crippen molar-refractivity contribution in [3.8, 4) is 0 Å². The molecule has 0 aliphatic rings. The molecule has 0 aliphatic heterocycles. The summed E-state index contributed by atoms with van der Waals surface area (Å²) in [5.74, 6) is -2.13. The number of ether oxygens (including phenoxy) is 6. The van der Waals surface area contributed by atoms with Crippen LogP contribution < -0.4 is 0 Å². The number of methoxy groups -OCH3 is 3. The Hall–Kier alpha value is -1.71. The molecule has 0 spiro atoms. The van der Waals surface area contributed by atoms with E-state index in [-0.39, 0.29) is 6.61 Å². The molecule has 0 bridgehead atoms. The lowest BCUT2D eigenvalue weighted by molar-refractivity contribution is -0.194. The van der Waals surface area contributed by atoms with E-state index in [9.17, 15) is 14.4 Å². The molecule has 24 heavy (non-hydrogen) atoms. The van der Waals surface area contributed by atoms with Gasteiger partial charge in [-0.2, -0.15) is 0 Å². The molecule has 0 aromatic carbocycles. The van der Waals surface area contributed by atoms with Crippen molar-refractivity contribution in [3.63, 3.8) is 0 Å². The van der Waals surface area contributed by atoms with Gasteiger partial charge in [-0.25, -0.2) is 0 Å². The Morgan fingerprint density at radius 2 is 1.46 bits per heavy atom. The number of rotatable bonds is 11. The van der Waals surface area contributed by atoms with E-state index in [0.29, 0.717) is 0 Å². The topological polar surface area (TPSA) is 107 Å². The third-order valence-electron chi connectivity index (χ3n) is 2.88. The predicted molar refractivity (Wildman–Crippen MR) is 81.2 cm³/mol. The number of carbonyl (C=O) groups is 3. The molecule has 9 heteroatoms. The summed E-state index contributed by atoms with van der Waals surface area (Å²) < 4.78 is 52.3. The van der Waals surface area contributed by atoms with E-state index in [0.717, 1.165) is 20.8 Å².